The van der Waals surface area contributed by atoms with Gasteiger partial charge < -0.3 is 10.1 Å². The van der Waals surface area contributed by atoms with Crippen LogP contribution in [0.25, 0.3) is 6.08 Å². The zero-order valence-electron chi connectivity index (χ0n) is 8.32. The van der Waals surface area contributed by atoms with Crippen LogP contribution in [0, 0.1) is 4.91 Å². The number of nitrogens with zero attached hydrogens (tertiary/aromatic N) is 1. The van der Waals surface area contributed by atoms with Crippen LogP contribution in [-0.2, 0) is 6.54 Å². The van der Waals surface area contributed by atoms with Crippen LogP contribution in [0.2, 0.25) is 0 Å². The minimum Gasteiger partial charge on any atom is -0.487 e. The largest absolute Gasteiger partial charge is 0.487 e. The zero-order chi connectivity index (χ0) is 11.1. The minimum absolute atomic E-state index is 0.126. The molecule has 5 heteroatoms. The van der Waals surface area contributed by atoms with E-state index in [1.54, 1.807) is 6.08 Å². The fourth-order valence-electron chi connectivity index (χ4n) is 2.01. The van der Waals surface area contributed by atoms with Crippen molar-refractivity contribution in [3.8, 4) is 5.75 Å². The predicted octanol–water partition coefficient (Wildman–Crippen LogP) is 1.43. The number of fused-ring (bicyclic) bond motifs is 3. The maximum absolute atomic E-state index is 11.6. The van der Waals surface area contributed by atoms with Crippen molar-refractivity contribution in [3.05, 3.63) is 39.4 Å². The number of amides is 1. The molecule has 0 spiro atoms. The number of ether oxygens (including phenoxy) is 1. The summed E-state index contributed by atoms with van der Waals surface area (Å²) in [5.41, 5.74) is 2.49. The van der Waals surface area contributed by atoms with Crippen molar-refractivity contribution in [3.63, 3.8) is 0 Å². The fourth-order valence-corrected chi connectivity index (χ4v) is 2.01. The molecule has 0 saturated carbocycles. The molecule has 0 fully saturated rings. The Morgan fingerprint density at radius 2 is 2.25 bits per heavy atom. The van der Waals surface area contributed by atoms with E-state index >= 15 is 0 Å². The van der Waals surface area contributed by atoms with Gasteiger partial charge in [-0.05, 0) is 22.9 Å². The Hall–Kier alpha value is -2.17. The van der Waals surface area contributed by atoms with Gasteiger partial charge in [0.05, 0.1) is 5.56 Å². The van der Waals surface area contributed by atoms with E-state index in [4.69, 9.17) is 4.74 Å². The van der Waals surface area contributed by atoms with Crippen molar-refractivity contribution >= 4 is 12.0 Å². The highest BCUT2D eigenvalue weighted by Crippen LogP contribution is 2.33. The van der Waals surface area contributed by atoms with Gasteiger partial charge in [-0.15, -0.1) is 4.91 Å². The third kappa shape index (κ3) is 1.14. The molecule has 0 radical (unpaired) electrons. The molecule has 16 heavy (non-hydrogen) atoms. The lowest BCUT2D eigenvalue weighted by Crippen LogP contribution is -2.14. The van der Waals surface area contributed by atoms with Crippen LogP contribution in [0.3, 0.4) is 0 Å². The number of nitrogens with one attached hydrogen (secondary N) is 1. The number of rotatable bonds is 1. The molecule has 0 atom stereocenters. The number of nitroso groups, excluding NO2 is 1. The Balaban J connectivity index is 2.25. The van der Waals surface area contributed by atoms with Crippen LogP contribution < -0.4 is 10.1 Å². The van der Waals surface area contributed by atoms with Crippen LogP contribution in [0.5, 0.6) is 5.75 Å². The highest BCUT2D eigenvalue weighted by molar-refractivity contribution is 6.02. The van der Waals surface area contributed by atoms with Crippen LogP contribution >= 0.6 is 0 Å². The summed E-state index contributed by atoms with van der Waals surface area (Å²) in [5, 5.41) is 5.59. The Kier molecular flexibility index (Phi) is 1.80. The molecule has 2 heterocycles. The third-order valence-electron chi connectivity index (χ3n) is 2.76. The molecule has 0 unspecified atom stereocenters. The Bertz CT molecular complexity index is 534. The summed E-state index contributed by atoms with van der Waals surface area (Å²) in [7, 11) is 0. The summed E-state index contributed by atoms with van der Waals surface area (Å²) in [4.78, 5) is 22.1. The lowest BCUT2D eigenvalue weighted by molar-refractivity contribution is 0.0965. The third-order valence-corrected chi connectivity index (χ3v) is 2.76. The van der Waals surface area contributed by atoms with Gasteiger partial charge in [-0.25, -0.2) is 0 Å². The average molecular weight is 216 g/mol. The van der Waals surface area contributed by atoms with Gasteiger partial charge in [-0.2, -0.15) is 0 Å². The maximum atomic E-state index is 11.6. The second-order valence-corrected chi connectivity index (χ2v) is 3.71. The number of carbonyl (C=O) groups excluding carboxylic acids is 1. The fraction of sp³-hybridized carbons (Fsp3) is 0.182. The molecular formula is C11H8N2O3. The molecule has 5 nitrogen and oxygen atoms in total. The minimum atomic E-state index is -0.126. The molecule has 1 aromatic carbocycles. The van der Waals surface area contributed by atoms with Gasteiger partial charge >= 0.3 is 0 Å². The van der Waals surface area contributed by atoms with E-state index in [1.165, 1.54) is 0 Å². The normalized spacial score (nSPS) is 16.8. The summed E-state index contributed by atoms with van der Waals surface area (Å²) in [5.74, 6) is 0.502. The van der Waals surface area contributed by atoms with E-state index in [9.17, 15) is 9.70 Å². The smallest absolute Gasteiger partial charge is 0.252 e. The number of carbonyl (C=O) groups is 1. The first-order chi connectivity index (χ1) is 7.79. The molecule has 0 bridgehead atoms. The van der Waals surface area contributed by atoms with Gasteiger partial charge in [0, 0.05) is 12.1 Å². The molecule has 80 valence electrons. The van der Waals surface area contributed by atoms with E-state index in [0.717, 1.165) is 5.56 Å². The number of benzene rings is 1. The van der Waals surface area contributed by atoms with Crippen LogP contribution in [-0.4, -0.2) is 12.5 Å². The van der Waals surface area contributed by atoms with Gasteiger partial charge in [0.25, 0.3) is 5.91 Å². The van der Waals surface area contributed by atoms with E-state index in [1.807, 2.05) is 12.1 Å². The molecule has 0 aliphatic carbocycles. The molecule has 2 aliphatic heterocycles. The van der Waals surface area contributed by atoms with Gasteiger partial charge in [-0.1, -0.05) is 6.07 Å². The van der Waals surface area contributed by atoms with Gasteiger partial charge in [-0.3, -0.25) is 4.79 Å². The topological polar surface area (TPSA) is 67.8 Å². The van der Waals surface area contributed by atoms with Crippen molar-refractivity contribution < 1.29 is 9.53 Å². The summed E-state index contributed by atoms with van der Waals surface area (Å²) in [6.45, 7) is 0.691. The first-order valence-corrected chi connectivity index (χ1v) is 4.90. The SMILES string of the molecule is O=NC1=Cc2c(ccc3c2C(=O)NC3)OC1. The van der Waals surface area contributed by atoms with Crippen molar-refractivity contribution in [2.24, 2.45) is 5.18 Å². The van der Waals surface area contributed by atoms with Crippen LogP contribution in [0.4, 0.5) is 0 Å². The quantitative estimate of drug-likeness (QED) is 0.722. The number of hydrogen-bond donors (Lipinski definition) is 1. The summed E-state index contributed by atoms with van der Waals surface area (Å²) in [6, 6.07) is 3.67. The summed E-state index contributed by atoms with van der Waals surface area (Å²) < 4.78 is 5.36. The van der Waals surface area contributed by atoms with Crippen molar-refractivity contribution in [1.82, 2.24) is 5.32 Å². The van der Waals surface area contributed by atoms with E-state index in [0.29, 0.717) is 29.1 Å². The Morgan fingerprint density at radius 1 is 1.38 bits per heavy atom. The second kappa shape index (κ2) is 3.16. The highest BCUT2D eigenvalue weighted by Gasteiger charge is 2.26. The maximum Gasteiger partial charge on any atom is 0.252 e. The highest BCUT2D eigenvalue weighted by atomic mass is 16.5. The molecular weight excluding hydrogens is 208 g/mol. The van der Waals surface area contributed by atoms with Crippen molar-refractivity contribution in [1.29, 1.82) is 0 Å². The van der Waals surface area contributed by atoms with E-state index in [2.05, 4.69) is 10.5 Å². The van der Waals surface area contributed by atoms with Crippen molar-refractivity contribution in [2.75, 3.05) is 6.61 Å². The van der Waals surface area contributed by atoms with Crippen molar-refractivity contribution in [2.45, 2.75) is 6.54 Å². The standard InChI is InChI=1S/C11H8N2O3/c14-11-10-6(4-12-11)1-2-9-8(10)3-7(13-15)5-16-9/h1-3H,4-5H2,(H,12,14). The summed E-state index contributed by atoms with van der Waals surface area (Å²) >= 11 is 0. The molecule has 0 aromatic heterocycles. The molecule has 1 N–H and O–H groups in total. The van der Waals surface area contributed by atoms with Gasteiger partial charge in [0.15, 0.2) is 0 Å². The lowest BCUT2D eigenvalue weighted by atomic mass is 10.00. The average Bonchev–Trinajstić information content (AvgIpc) is 2.71. The lowest BCUT2D eigenvalue weighted by Gasteiger charge is -2.16. The summed E-state index contributed by atoms with van der Waals surface area (Å²) in [6.07, 6.45) is 1.62. The second-order valence-electron chi connectivity index (χ2n) is 3.71. The van der Waals surface area contributed by atoms with E-state index < -0.39 is 0 Å². The molecule has 0 saturated heterocycles. The monoisotopic (exact) mass is 216 g/mol. The first-order valence-electron chi connectivity index (χ1n) is 4.90. The Labute approximate surface area is 91.1 Å². The molecule has 1 aromatic rings. The Morgan fingerprint density at radius 3 is 3.06 bits per heavy atom. The van der Waals surface area contributed by atoms with E-state index in [-0.39, 0.29) is 12.5 Å². The predicted molar refractivity (Wildman–Crippen MR) is 56.9 cm³/mol. The number of hydrogen-bond acceptors (Lipinski definition) is 4. The van der Waals surface area contributed by atoms with Crippen LogP contribution in [0.1, 0.15) is 21.5 Å². The van der Waals surface area contributed by atoms with Crippen LogP contribution in [0.15, 0.2) is 23.0 Å². The molecule has 3 rings (SSSR count). The van der Waals surface area contributed by atoms with Gasteiger partial charge in [0.2, 0.25) is 0 Å². The van der Waals surface area contributed by atoms with Gasteiger partial charge in [0.1, 0.15) is 18.1 Å². The first kappa shape index (κ1) is 9.08. The molecule has 1 amide bonds. The molecule has 2 aliphatic rings. The zero-order valence-corrected chi connectivity index (χ0v) is 8.32.